The first kappa shape index (κ1) is 18.6. The summed E-state index contributed by atoms with van der Waals surface area (Å²) >= 11 is 0. The Morgan fingerprint density at radius 1 is 1.00 bits per heavy atom. The third kappa shape index (κ3) is 4.20. The quantitative estimate of drug-likeness (QED) is 0.706. The highest BCUT2D eigenvalue weighted by molar-refractivity contribution is 5.81. The number of rotatable bonds is 5. The van der Waals surface area contributed by atoms with Crippen molar-refractivity contribution in [1.82, 2.24) is 9.88 Å². The van der Waals surface area contributed by atoms with Gasteiger partial charge in [0.2, 0.25) is 0 Å². The highest BCUT2D eigenvalue weighted by Crippen LogP contribution is 2.22. The van der Waals surface area contributed by atoms with Gasteiger partial charge in [0.05, 0.1) is 0 Å². The van der Waals surface area contributed by atoms with E-state index in [-0.39, 0.29) is 11.4 Å². The van der Waals surface area contributed by atoms with Crippen molar-refractivity contribution < 1.29 is 8.78 Å². The van der Waals surface area contributed by atoms with Gasteiger partial charge in [-0.05, 0) is 72.7 Å². The van der Waals surface area contributed by atoms with Gasteiger partial charge in [-0.3, -0.25) is 9.69 Å². The van der Waals surface area contributed by atoms with Crippen LogP contribution in [0.25, 0.3) is 16.3 Å². The van der Waals surface area contributed by atoms with Crippen LogP contribution in [-0.2, 0) is 6.42 Å². The maximum absolute atomic E-state index is 13.3. The zero-order valence-corrected chi connectivity index (χ0v) is 15.6. The van der Waals surface area contributed by atoms with Crippen LogP contribution in [0.15, 0.2) is 59.4 Å². The zero-order chi connectivity index (χ0) is 19.5. The Bertz CT molecular complexity index is 1070. The van der Waals surface area contributed by atoms with Crippen LogP contribution in [0, 0.1) is 11.6 Å². The van der Waals surface area contributed by atoms with Crippen molar-refractivity contribution in [3.63, 3.8) is 0 Å². The smallest absolute Gasteiger partial charge is 0.256 e. The number of nitrogens with zero attached hydrogens (tertiary/aromatic N) is 1. The summed E-state index contributed by atoms with van der Waals surface area (Å²) in [7, 11) is 0. The van der Waals surface area contributed by atoms with Gasteiger partial charge in [-0.2, -0.15) is 0 Å². The van der Waals surface area contributed by atoms with Crippen LogP contribution in [0.5, 0.6) is 0 Å². The van der Waals surface area contributed by atoms with Gasteiger partial charge in [-0.1, -0.05) is 24.3 Å². The average molecular weight is 380 g/mol. The molecule has 28 heavy (non-hydrogen) atoms. The molecule has 144 valence electrons. The first-order valence-corrected chi connectivity index (χ1v) is 9.57. The number of H-pyrrole nitrogens is 1. The second kappa shape index (κ2) is 8.07. The van der Waals surface area contributed by atoms with Crippen molar-refractivity contribution >= 4 is 16.3 Å². The molecule has 5 heteroatoms. The molecule has 0 atom stereocenters. The van der Waals surface area contributed by atoms with Crippen LogP contribution >= 0.6 is 0 Å². The van der Waals surface area contributed by atoms with Crippen LogP contribution < -0.4 is 5.56 Å². The van der Waals surface area contributed by atoms with Gasteiger partial charge >= 0.3 is 0 Å². The summed E-state index contributed by atoms with van der Waals surface area (Å²) < 4.78 is 26.4. The molecular weight excluding hydrogens is 358 g/mol. The number of hydrogen-bond donors (Lipinski definition) is 1. The molecule has 3 nitrogen and oxygen atoms in total. The fourth-order valence-corrected chi connectivity index (χ4v) is 3.76. The molecule has 1 aromatic heterocycles. The Morgan fingerprint density at radius 2 is 1.79 bits per heavy atom. The standard InChI is InChI=1S/C23H22F2N2O/c24-19-6-3-16(4-7-19)17-9-12-27(13-10-17)11-1-2-21-14-18-5-8-20(25)15-22(18)23(28)26-21/h3-9,14-15H,1-2,10-13H2,(H,26,28). The molecule has 1 aliphatic rings. The van der Waals surface area contributed by atoms with Crippen LogP contribution in [0.1, 0.15) is 24.1 Å². The van der Waals surface area contributed by atoms with Gasteiger partial charge in [-0.15, -0.1) is 0 Å². The van der Waals surface area contributed by atoms with Crippen molar-refractivity contribution in [3.05, 3.63) is 87.9 Å². The third-order valence-electron chi connectivity index (χ3n) is 5.29. The van der Waals surface area contributed by atoms with Crippen molar-refractivity contribution in [2.24, 2.45) is 0 Å². The maximum Gasteiger partial charge on any atom is 0.256 e. The van der Waals surface area contributed by atoms with Crippen molar-refractivity contribution in [3.8, 4) is 0 Å². The van der Waals surface area contributed by atoms with E-state index in [0.717, 1.165) is 55.5 Å². The summed E-state index contributed by atoms with van der Waals surface area (Å²) in [6.07, 6.45) is 4.86. The molecule has 0 bridgehead atoms. The first-order chi connectivity index (χ1) is 13.6. The van der Waals surface area contributed by atoms with Gasteiger partial charge in [-0.25, -0.2) is 8.78 Å². The first-order valence-electron chi connectivity index (χ1n) is 9.57. The van der Waals surface area contributed by atoms with E-state index in [0.29, 0.717) is 5.39 Å². The molecular formula is C23H22F2N2O. The number of aryl methyl sites for hydroxylation is 1. The van der Waals surface area contributed by atoms with E-state index >= 15 is 0 Å². The zero-order valence-electron chi connectivity index (χ0n) is 15.6. The molecule has 3 aromatic rings. The Kier molecular flexibility index (Phi) is 5.35. The van der Waals surface area contributed by atoms with Gasteiger partial charge in [0.1, 0.15) is 11.6 Å². The van der Waals surface area contributed by atoms with Crippen LogP contribution in [0.2, 0.25) is 0 Å². The topological polar surface area (TPSA) is 36.1 Å². The second-order valence-corrected chi connectivity index (χ2v) is 7.25. The Hall–Kier alpha value is -2.79. The lowest BCUT2D eigenvalue weighted by Gasteiger charge is -2.26. The Balaban J connectivity index is 1.33. The molecule has 0 saturated carbocycles. The molecule has 0 saturated heterocycles. The minimum atomic E-state index is -0.399. The van der Waals surface area contributed by atoms with Crippen molar-refractivity contribution in [1.29, 1.82) is 0 Å². The van der Waals surface area contributed by atoms with E-state index in [9.17, 15) is 13.6 Å². The van der Waals surface area contributed by atoms with E-state index in [2.05, 4.69) is 16.0 Å². The minimum Gasteiger partial charge on any atom is -0.326 e. The van der Waals surface area contributed by atoms with E-state index in [4.69, 9.17) is 0 Å². The number of pyridine rings is 1. The molecule has 4 rings (SSSR count). The molecule has 2 heterocycles. The minimum absolute atomic E-state index is 0.210. The summed E-state index contributed by atoms with van der Waals surface area (Å²) in [4.78, 5) is 17.4. The predicted octanol–water partition coefficient (Wildman–Crippen LogP) is 4.53. The number of benzene rings is 2. The van der Waals surface area contributed by atoms with Crippen LogP contribution in [0.4, 0.5) is 8.78 Å². The van der Waals surface area contributed by atoms with E-state index in [1.165, 1.54) is 29.8 Å². The normalized spacial score (nSPS) is 15.0. The maximum atomic E-state index is 13.3. The summed E-state index contributed by atoms with van der Waals surface area (Å²) in [5.74, 6) is -0.609. The highest BCUT2D eigenvalue weighted by atomic mass is 19.1. The van der Waals surface area contributed by atoms with E-state index < -0.39 is 5.82 Å². The molecule has 0 unspecified atom stereocenters. The monoisotopic (exact) mass is 380 g/mol. The number of aromatic nitrogens is 1. The Morgan fingerprint density at radius 3 is 2.54 bits per heavy atom. The molecule has 0 radical (unpaired) electrons. The predicted molar refractivity (Wildman–Crippen MR) is 108 cm³/mol. The van der Waals surface area contributed by atoms with Gasteiger partial charge in [0.25, 0.3) is 5.56 Å². The van der Waals surface area contributed by atoms with Crippen LogP contribution in [0.3, 0.4) is 0 Å². The lowest BCUT2D eigenvalue weighted by atomic mass is 9.99. The van der Waals surface area contributed by atoms with Crippen LogP contribution in [-0.4, -0.2) is 29.5 Å². The molecule has 2 aromatic carbocycles. The number of nitrogens with one attached hydrogen (secondary N) is 1. The van der Waals surface area contributed by atoms with E-state index in [1.54, 1.807) is 6.07 Å². The van der Waals surface area contributed by atoms with Crippen molar-refractivity contribution in [2.45, 2.75) is 19.3 Å². The number of halogens is 2. The SMILES string of the molecule is O=c1[nH]c(CCCN2CC=C(c3ccc(F)cc3)CC2)cc2ccc(F)cc12. The average Bonchev–Trinajstić information content (AvgIpc) is 2.70. The largest absolute Gasteiger partial charge is 0.326 e. The molecule has 0 aliphatic carbocycles. The number of fused-ring (bicyclic) bond motifs is 1. The molecule has 1 aliphatic heterocycles. The second-order valence-electron chi connectivity index (χ2n) is 7.25. The summed E-state index contributed by atoms with van der Waals surface area (Å²) in [6.45, 7) is 2.79. The summed E-state index contributed by atoms with van der Waals surface area (Å²) in [5.41, 5.74) is 2.99. The summed E-state index contributed by atoms with van der Waals surface area (Å²) in [6, 6.07) is 12.9. The van der Waals surface area contributed by atoms with Crippen molar-refractivity contribution in [2.75, 3.05) is 19.6 Å². The summed E-state index contributed by atoms with van der Waals surface area (Å²) in [5, 5.41) is 1.16. The number of aromatic amines is 1. The number of hydrogen-bond acceptors (Lipinski definition) is 2. The lowest BCUT2D eigenvalue weighted by Crippen LogP contribution is -2.29. The van der Waals surface area contributed by atoms with Gasteiger partial charge in [0, 0.05) is 24.2 Å². The lowest BCUT2D eigenvalue weighted by molar-refractivity contribution is 0.297. The highest BCUT2D eigenvalue weighted by Gasteiger charge is 2.13. The third-order valence-corrected chi connectivity index (χ3v) is 5.29. The molecule has 0 fully saturated rings. The van der Waals surface area contributed by atoms with Gasteiger partial charge in [0.15, 0.2) is 0 Å². The Labute approximate surface area is 162 Å². The van der Waals surface area contributed by atoms with E-state index in [1.807, 2.05) is 18.2 Å². The fourth-order valence-electron chi connectivity index (χ4n) is 3.76. The molecule has 1 N–H and O–H groups in total. The molecule has 0 amide bonds. The molecule has 0 spiro atoms. The van der Waals surface area contributed by atoms with Gasteiger partial charge < -0.3 is 4.98 Å². The fraction of sp³-hybridized carbons (Fsp3) is 0.261.